The minimum atomic E-state index is 0.944. The lowest BCUT2D eigenvalue weighted by molar-refractivity contribution is 0.924. The van der Waals surface area contributed by atoms with Crippen LogP contribution in [0.25, 0.3) is 71.8 Å². The monoisotopic (exact) mass is 716 g/mol. The SMILES string of the molecule is C1=CC(c2ccccc2)=C(N(c2cccc(-c3cccc4c3c3ccc5ccccc5c3n4-c3ccccc3)c2)c2cc3c(c4ccccc24)CCC=C3)CC1. The second kappa shape index (κ2) is 13.4. The summed E-state index contributed by atoms with van der Waals surface area (Å²) in [6.07, 6.45) is 13.4. The first kappa shape index (κ1) is 32.5. The Hall–Kier alpha value is -6.90. The molecule has 0 aliphatic heterocycles. The molecule has 56 heavy (non-hydrogen) atoms. The van der Waals surface area contributed by atoms with Crippen molar-refractivity contribution in [3.63, 3.8) is 0 Å². The molecule has 0 atom stereocenters. The molecule has 1 aromatic heterocycles. The minimum absolute atomic E-state index is 0.944. The van der Waals surface area contributed by atoms with Crippen molar-refractivity contribution in [2.45, 2.75) is 25.7 Å². The standard InChI is InChI=1S/C54H40N2/c1-3-17-37(18-4-1)44-26-13-14-31-50(44)55(52-36-40-20-8-9-25-43(40)47-28-11-12-29-48(47)52)42-24-15-21-39(35-42)45-30-16-32-51-53(45)49-34-33-38-19-7-10-27-46(38)54(49)56(51)41-22-5-2-6-23-41/h1-8,10-13,15-24,26-30,32-36H,9,14,25,31H2. The molecule has 0 N–H and O–H groups in total. The Morgan fingerprint density at radius 1 is 0.500 bits per heavy atom. The largest absolute Gasteiger partial charge is 0.313 e. The third-order valence-electron chi connectivity index (χ3n) is 11.9. The maximum atomic E-state index is 2.58. The van der Waals surface area contributed by atoms with E-state index in [4.69, 9.17) is 0 Å². The van der Waals surface area contributed by atoms with Gasteiger partial charge < -0.3 is 9.47 Å². The molecule has 0 saturated heterocycles. The number of benzene rings is 8. The van der Waals surface area contributed by atoms with Gasteiger partial charge in [-0.15, -0.1) is 0 Å². The first-order valence-electron chi connectivity index (χ1n) is 19.9. The second-order valence-corrected chi connectivity index (χ2v) is 15.1. The lowest BCUT2D eigenvalue weighted by Gasteiger charge is -2.33. The molecule has 2 nitrogen and oxygen atoms in total. The summed E-state index contributed by atoms with van der Waals surface area (Å²) in [5, 5.41) is 7.69. The Bertz CT molecular complexity index is 3070. The average Bonchev–Trinajstić information content (AvgIpc) is 3.63. The molecule has 0 bridgehead atoms. The molecule has 0 unspecified atom stereocenters. The summed E-state index contributed by atoms with van der Waals surface area (Å²) in [4.78, 5) is 2.58. The Kier molecular flexibility index (Phi) is 7.81. The highest BCUT2D eigenvalue weighted by atomic mass is 15.2. The first-order chi connectivity index (χ1) is 27.8. The van der Waals surface area contributed by atoms with Crippen LogP contribution in [0.4, 0.5) is 11.4 Å². The zero-order valence-corrected chi connectivity index (χ0v) is 31.2. The summed E-state index contributed by atoms with van der Waals surface area (Å²) in [6.45, 7) is 0. The average molecular weight is 717 g/mol. The number of aromatic nitrogens is 1. The summed E-state index contributed by atoms with van der Waals surface area (Å²) in [5.74, 6) is 0. The Labute approximate surface area is 327 Å². The van der Waals surface area contributed by atoms with Crippen molar-refractivity contribution >= 4 is 66.4 Å². The normalized spacial score (nSPS) is 13.9. The lowest BCUT2D eigenvalue weighted by atomic mass is 9.89. The van der Waals surface area contributed by atoms with Crippen LogP contribution < -0.4 is 4.90 Å². The van der Waals surface area contributed by atoms with Crippen LogP contribution in [-0.4, -0.2) is 4.57 Å². The summed E-state index contributed by atoms with van der Waals surface area (Å²) >= 11 is 0. The number of para-hydroxylation sites is 1. The summed E-state index contributed by atoms with van der Waals surface area (Å²) < 4.78 is 2.46. The molecule has 1 heterocycles. The van der Waals surface area contributed by atoms with E-state index in [2.05, 4.69) is 204 Å². The minimum Gasteiger partial charge on any atom is -0.313 e. The molecule has 0 spiro atoms. The lowest BCUT2D eigenvalue weighted by Crippen LogP contribution is -2.20. The van der Waals surface area contributed by atoms with E-state index < -0.39 is 0 Å². The van der Waals surface area contributed by atoms with Crippen molar-refractivity contribution in [2.24, 2.45) is 0 Å². The van der Waals surface area contributed by atoms with Gasteiger partial charge in [-0.3, -0.25) is 0 Å². The molecule has 2 heteroatoms. The van der Waals surface area contributed by atoms with Gasteiger partial charge in [0.25, 0.3) is 0 Å². The van der Waals surface area contributed by atoms with Crippen LogP contribution in [0, 0.1) is 0 Å². The Morgan fingerprint density at radius 2 is 1.21 bits per heavy atom. The second-order valence-electron chi connectivity index (χ2n) is 15.1. The van der Waals surface area contributed by atoms with Crippen LogP contribution in [0.15, 0.2) is 194 Å². The number of nitrogens with zero attached hydrogens (tertiary/aromatic N) is 2. The van der Waals surface area contributed by atoms with E-state index in [-0.39, 0.29) is 0 Å². The fourth-order valence-corrected chi connectivity index (χ4v) is 9.42. The van der Waals surface area contributed by atoms with Crippen molar-refractivity contribution in [2.75, 3.05) is 4.90 Å². The van der Waals surface area contributed by atoms with E-state index in [1.807, 2.05) is 0 Å². The maximum absolute atomic E-state index is 2.58. The molecule has 0 saturated carbocycles. The van der Waals surface area contributed by atoms with Gasteiger partial charge in [0.1, 0.15) is 0 Å². The molecule has 266 valence electrons. The highest BCUT2D eigenvalue weighted by Crippen LogP contribution is 2.46. The van der Waals surface area contributed by atoms with E-state index in [1.165, 1.54) is 99.5 Å². The van der Waals surface area contributed by atoms with Gasteiger partial charge in [0, 0.05) is 44.2 Å². The number of aryl methyl sites for hydroxylation is 1. The highest BCUT2D eigenvalue weighted by molar-refractivity contribution is 6.22. The predicted octanol–water partition coefficient (Wildman–Crippen LogP) is 14.6. The predicted molar refractivity (Wildman–Crippen MR) is 239 cm³/mol. The van der Waals surface area contributed by atoms with Crippen molar-refractivity contribution in [1.82, 2.24) is 4.57 Å². The van der Waals surface area contributed by atoms with Crippen LogP contribution in [0.1, 0.15) is 36.0 Å². The van der Waals surface area contributed by atoms with Crippen LogP contribution in [0.5, 0.6) is 0 Å². The summed E-state index contributed by atoms with van der Waals surface area (Å²) in [6, 6.07) is 62.8. The molecule has 8 aromatic carbocycles. The van der Waals surface area contributed by atoms with E-state index in [0.717, 1.165) is 25.7 Å². The Morgan fingerprint density at radius 3 is 2.09 bits per heavy atom. The van der Waals surface area contributed by atoms with Gasteiger partial charge in [0.05, 0.1) is 16.7 Å². The van der Waals surface area contributed by atoms with E-state index in [9.17, 15) is 0 Å². The van der Waals surface area contributed by atoms with Crippen molar-refractivity contribution in [3.05, 3.63) is 210 Å². The van der Waals surface area contributed by atoms with Gasteiger partial charge in [-0.2, -0.15) is 0 Å². The maximum Gasteiger partial charge on any atom is 0.0619 e. The number of hydrogen-bond donors (Lipinski definition) is 0. The topological polar surface area (TPSA) is 8.17 Å². The summed E-state index contributed by atoms with van der Waals surface area (Å²) in [7, 11) is 0. The third-order valence-corrected chi connectivity index (χ3v) is 11.9. The first-order valence-corrected chi connectivity index (χ1v) is 19.9. The van der Waals surface area contributed by atoms with Gasteiger partial charge >= 0.3 is 0 Å². The fraction of sp³-hybridized carbons (Fsp3) is 0.0741. The molecule has 0 radical (unpaired) electrons. The van der Waals surface area contributed by atoms with Gasteiger partial charge in [-0.1, -0.05) is 158 Å². The zero-order valence-electron chi connectivity index (χ0n) is 31.2. The van der Waals surface area contributed by atoms with Crippen molar-refractivity contribution in [1.29, 1.82) is 0 Å². The van der Waals surface area contributed by atoms with Crippen LogP contribution in [0.3, 0.4) is 0 Å². The van der Waals surface area contributed by atoms with E-state index >= 15 is 0 Å². The quantitative estimate of drug-likeness (QED) is 0.166. The van der Waals surface area contributed by atoms with Crippen molar-refractivity contribution in [3.8, 4) is 16.8 Å². The molecule has 2 aliphatic rings. The van der Waals surface area contributed by atoms with Gasteiger partial charge in [-0.25, -0.2) is 0 Å². The van der Waals surface area contributed by atoms with Crippen LogP contribution >= 0.6 is 0 Å². The molecule has 0 amide bonds. The molecule has 9 aromatic rings. The number of rotatable bonds is 6. The third kappa shape index (κ3) is 5.25. The van der Waals surface area contributed by atoms with Gasteiger partial charge in [-0.05, 0) is 101 Å². The molecule has 0 fully saturated rings. The van der Waals surface area contributed by atoms with Gasteiger partial charge in [0.15, 0.2) is 0 Å². The fourth-order valence-electron chi connectivity index (χ4n) is 9.42. The van der Waals surface area contributed by atoms with E-state index in [0.29, 0.717) is 0 Å². The number of anilines is 2. The molecular weight excluding hydrogens is 677 g/mol. The number of fused-ring (bicyclic) bond motifs is 8. The molecular formula is C54H40N2. The number of allylic oxidation sites excluding steroid dienone is 5. The van der Waals surface area contributed by atoms with Crippen molar-refractivity contribution < 1.29 is 0 Å². The van der Waals surface area contributed by atoms with Crippen LogP contribution in [0.2, 0.25) is 0 Å². The number of hydrogen-bond acceptors (Lipinski definition) is 1. The van der Waals surface area contributed by atoms with Crippen LogP contribution in [-0.2, 0) is 6.42 Å². The Balaban J connectivity index is 1.19. The zero-order chi connectivity index (χ0) is 37.0. The molecule has 2 aliphatic carbocycles. The summed E-state index contributed by atoms with van der Waals surface area (Å²) in [5.41, 5.74) is 15.1. The highest BCUT2D eigenvalue weighted by Gasteiger charge is 2.25. The molecule has 11 rings (SSSR count). The van der Waals surface area contributed by atoms with Gasteiger partial charge in [0.2, 0.25) is 0 Å². The van der Waals surface area contributed by atoms with E-state index in [1.54, 1.807) is 0 Å². The smallest absolute Gasteiger partial charge is 0.0619 e.